The van der Waals surface area contributed by atoms with E-state index in [0.717, 1.165) is 31.1 Å². The minimum Gasteiger partial charge on any atom is -0.452 e. The molecule has 1 saturated heterocycles. The lowest BCUT2D eigenvalue weighted by atomic mass is 9.95. The van der Waals surface area contributed by atoms with E-state index in [4.69, 9.17) is 9.47 Å². The zero-order valence-corrected chi connectivity index (χ0v) is 18.3. The lowest BCUT2D eigenvalue weighted by molar-refractivity contribution is -0.149. The predicted octanol–water partition coefficient (Wildman–Crippen LogP) is 4.27. The highest BCUT2D eigenvalue weighted by atomic mass is 16.6. The summed E-state index contributed by atoms with van der Waals surface area (Å²) in [5, 5.41) is 3.86. The zero-order chi connectivity index (χ0) is 22.2. The van der Waals surface area contributed by atoms with Crippen LogP contribution in [0, 0.1) is 0 Å². The van der Waals surface area contributed by atoms with Crippen LogP contribution in [0.2, 0.25) is 0 Å². The van der Waals surface area contributed by atoms with Gasteiger partial charge in [0.15, 0.2) is 6.10 Å². The third-order valence-electron chi connectivity index (χ3n) is 5.91. The third-order valence-corrected chi connectivity index (χ3v) is 5.91. The van der Waals surface area contributed by atoms with Crippen LogP contribution in [0.4, 0.5) is 4.79 Å². The Morgan fingerprint density at radius 2 is 1.84 bits per heavy atom. The van der Waals surface area contributed by atoms with E-state index in [0.29, 0.717) is 11.2 Å². The number of nitrogens with zero attached hydrogens (tertiary/aromatic N) is 1. The fraction of sp³-hybridized carbons (Fsp3) is 0.542. The van der Waals surface area contributed by atoms with Crippen molar-refractivity contribution in [1.29, 1.82) is 0 Å². The van der Waals surface area contributed by atoms with Crippen molar-refractivity contribution in [3.05, 3.63) is 36.0 Å². The van der Waals surface area contributed by atoms with E-state index in [2.05, 4.69) is 5.32 Å². The van der Waals surface area contributed by atoms with Crippen molar-refractivity contribution in [2.24, 2.45) is 0 Å². The van der Waals surface area contributed by atoms with Crippen LogP contribution in [0.1, 0.15) is 70.9 Å². The Hall–Kier alpha value is -2.83. The molecule has 1 aromatic heterocycles. The van der Waals surface area contributed by atoms with Crippen LogP contribution < -0.4 is 5.32 Å². The number of amides is 1. The molecule has 1 aliphatic carbocycles. The topological polar surface area (TPSA) is 86.6 Å². The van der Waals surface area contributed by atoms with E-state index in [9.17, 15) is 14.4 Å². The maximum Gasteiger partial charge on any atom is 0.419 e. The van der Waals surface area contributed by atoms with Crippen LogP contribution in [-0.2, 0) is 19.1 Å². The van der Waals surface area contributed by atoms with Crippen molar-refractivity contribution in [1.82, 2.24) is 9.88 Å². The van der Waals surface area contributed by atoms with E-state index < -0.39 is 29.7 Å². The first-order valence-electron chi connectivity index (χ1n) is 11.1. The van der Waals surface area contributed by atoms with Gasteiger partial charge in [-0.1, -0.05) is 37.5 Å². The Balaban J connectivity index is 1.59. The van der Waals surface area contributed by atoms with E-state index in [1.807, 2.05) is 30.3 Å². The highest BCUT2D eigenvalue weighted by Crippen LogP contribution is 2.35. The van der Waals surface area contributed by atoms with Gasteiger partial charge in [-0.3, -0.25) is 9.59 Å². The quantitative estimate of drug-likeness (QED) is 0.741. The number of carbonyl (C=O) groups is 3. The van der Waals surface area contributed by atoms with Crippen LogP contribution in [0.15, 0.2) is 30.3 Å². The van der Waals surface area contributed by atoms with E-state index in [1.54, 1.807) is 20.8 Å². The number of rotatable bonds is 3. The number of aromatic nitrogens is 1. The van der Waals surface area contributed by atoms with Gasteiger partial charge >= 0.3 is 12.1 Å². The summed E-state index contributed by atoms with van der Waals surface area (Å²) >= 11 is 0. The Morgan fingerprint density at radius 1 is 1.13 bits per heavy atom. The minimum atomic E-state index is -0.843. The average Bonchev–Trinajstić information content (AvgIpc) is 3.28. The van der Waals surface area contributed by atoms with Crippen molar-refractivity contribution < 1.29 is 23.9 Å². The maximum absolute atomic E-state index is 13.0. The van der Waals surface area contributed by atoms with E-state index >= 15 is 0 Å². The summed E-state index contributed by atoms with van der Waals surface area (Å²) in [6.07, 6.45) is 4.14. The molecule has 1 amide bonds. The molecule has 2 fully saturated rings. The van der Waals surface area contributed by atoms with Gasteiger partial charge < -0.3 is 14.8 Å². The highest BCUT2D eigenvalue weighted by Gasteiger charge is 2.42. The standard InChI is InChI=1S/C24H30N2O5/c1-24(2,3)31-23(29)26-18-12-8-7-9-15(18)13-19(26)17-14-20(30-22(17)28)21(27)25-16-10-5-4-6-11-16/h7-9,12-13,16-17,20H,4-6,10-11,14H2,1-3H3,(H,25,27)/t17-,20-/m1/s1. The number of ether oxygens (including phenoxy) is 2. The van der Waals surface area contributed by atoms with Crippen LogP contribution in [-0.4, -0.2) is 40.3 Å². The van der Waals surface area contributed by atoms with Gasteiger partial charge in [0.25, 0.3) is 5.91 Å². The fourth-order valence-electron chi connectivity index (χ4n) is 4.47. The summed E-state index contributed by atoms with van der Waals surface area (Å²) in [7, 11) is 0. The van der Waals surface area contributed by atoms with E-state index in [1.165, 1.54) is 11.0 Å². The molecular weight excluding hydrogens is 396 g/mol. The smallest absolute Gasteiger partial charge is 0.419 e. The molecule has 4 rings (SSSR count). The first-order valence-corrected chi connectivity index (χ1v) is 11.1. The number of fused-ring (bicyclic) bond motifs is 1. The summed E-state index contributed by atoms with van der Waals surface area (Å²) in [6.45, 7) is 5.39. The average molecular weight is 427 g/mol. The summed E-state index contributed by atoms with van der Waals surface area (Å²) in [4.78, 5) is 38.5. The van der Waals surface area contributed by atoms with Gasteiger partial charge in [0.05, 0.1) is 5.52 Å². The molecule has 0 bridgehead atoms. The van der Waals surface area contributed by atoms with Gasteiger partial charge in [-0.05, 0) is 45.7 Å². The molecule has 7 heteroatoms. The monoisotopic (exact) mass is 426 g/mol. The molecule has 1 saturated carbocycles. The van der Waals surface area contributed by atoms with Crippen molar-refractivity contribution in [2.75, 3.05) is 0 Å². The van der Waals surface area contributed by atoms with Crippen molar-refractivity contribution in [3.63, 3.8) is 0 Å². The lowest BCUT2D eigenvalue weighted by Crippen LogP contribution is -2.42. The molecule has 1 aliphatic heterocycles. The fourth-order valence-corrected chi connectivity index (χ4v) is 4.47. The lowest BCUT2D eigenvalue weighted by Gasteiger charge is -2.23. The molecule has 2 atom stereocenters. The summed E-state index contributed by atoms with van der Waals surface area (Å²) < 4.78 is 12.5. The molecule has 0 spiro atoms. The van der Waals surface area contributed by atoms with Gasteiger partial charge in [0, 0.05) is 23.5 Å². The zero-order valence-electron chi connectivity index (χ0n) is 18.3. The number of cyclic esters (lactones) is 1. The Morgan fingerprint density at radius 3 is 2.55 bits per heavy atom. The molecule has 1 aromatic carbocycles. The number of hydrogen-bond donors (Lipinski definition) is 1. The van der Waals surface area contributed by atoms with Gasteiger partial charge in [0.2, 0.25) is 0 Å². The highest BCUT2D eigenvalue weighted by molar-refractivity contribution is 5.95. The van der Waals surface area contributed by atoms with Crippen molar-refractivity contribution in [3.8, 4) is 0 Å². The molecule has 2 aliphatic rings. The summed E-state index contributed by atoms with van der Waals surface area (Å²) in [5.41, 5.74) is 0.473. The van der Waals surface area contributed by atoms with Gasteiger partial charge in [-0.2, -0.15) is 0 Å². The second kappa shape index (κ2) is 8.36. The molecular formula is C24H30N2O5. The molecule has 7 nitrogen and oxygen atoms in total. The minimum absolute atomic E-state index is 0.146. The Bertz CT molecular complexity index is 997. The van der Waals surface area contributed by atoms with Crippen LogP contribution in [0.3, 0.4) is 0 Å². The molecule has 31 heavy (non-hydrogen) atoms. The number of carbonyl (C=O) groups excluding carboxylic acids is 3. The number of para-hydroxylation sites is 1. The molecule has 2 heterocycles. The van der Waals surface area contributed by atoms with E-state index in [-0.39, 0.29) is 18.4 Å². The maximum atomic E-state index is 13.0. The third kappa shape index (κ3) is 4.60. The normalized spacial score (nSPS) is 22.4. The Labute approximate surface area is 182 Å². The number of benzene rings is 1. The van der Waals surface area contributed by atoms with Gasteiger partial charge in [-0.25, -0.2) is 9.36 Å². The van der Waals surface area contributed by atoms with Crippen molar-refractivity contribution >= 4 is 28.9 Å². The molecule has 2 aromatic rings. The molecule has 166 valence electrons. The summed E-state index contributed by atoms with van der Waals surface area (Å²) in [5.74, 6) is -1.44. The second-order valence-electron chi connectivity index (χ2n) is 9.50. The molecule has 0 unspecified atom stereocenters. The second-order valence-corrected chi connectivity index (χ2v) is 9.50. The first-order chi connectivity index (χ1) is 14.7. The van der Waals surface area contributed by atoms with Gasteiger partial charge in [0.1, 0.15) is 11.5 Å². The number of hydrogen-bond acceptors (Lipinski definition) is 5. The predicted molar refractivity (Wildman–Crippen MR) is 116 cm³/mol. The van der Waals surface area contributed by atoms with Gasteiger partial charge in [-0.15, -0.1) is 0 Å². The number of esters is 1. The Kier molecular flexibility index (Phi) is 5.77. The molecule has 1 N–H and O–H groups in total. The SMILES string of the molecule is CC(C)(C)OC(=O)n1c([C@H]2C[C@H](C(=O)NC3CCCCC3)OC2=O)cc2ccccc21. The summed E-state index contributed by atoms with van der Waals surface area (Å²) in [6, 6.07) is 9.36. The first kappa shape index (κ1) is 21.4. The van der Waals surface area contributed by atoms with Crippen LogP contribution in [0.5, 0.6) is 0 Å². The van der Waals surface area contributed by atoms with Crippen molar-refractivity contribution in [2.45, 2.75) is 83.0 Å². The van der Waals surface area contributed by atoms with Crippen LogP contribution in [0.25, 0.3) is 10.9 Å². The molecule has 0 radical (unpaired) electrons. The number of nitrogens with one attached hydrogen (secondary N) is 1. The largest absolute Gasteiger partial charge is 0.452 e. The van der Waals surface area contributed by atoms with Crippen LogP contribution >= 0.6 is 0 Å².